The van der Waals surface area contributed by atoms with Crippen molar-refractivity contribution < 1.29 is 0 Å². The molecule has 0 amide bonds. The smallest absolute Gasteiger partial charge is 0.0524 e. The molecule has 1 aliphatic rings. The van der Waals surface area contributed by atoms with Crippen LogP contribution in [0.1, 0.15) is 12.8 Å². The number of nitrogens with zero attached hydrogens (tertiary/aromatic N) is 3. The first-order valence-electron chi connectivity index (χ1n) is 4.78. The topological polar surface area (TPSA) is 35.9 Å². The Balaban J connectivity index is 2.10. The number of rotatable bonds is 5. The van der Waals surface area contributed by atoms with Crippen molar-refractivity contribution in [3.05, 3.63) is 17.6 Å². The van der Waals surface area contributed by atoms with Gasteiger partial charge in [0.05, 0.1) is 18.4 Å². The molecule has 0 N–H and O–H groups in total. The fourth-order valence-corrected chi connectivity index (χ4v) is 1.50. The van der Waals surface area contributed by atoms with Crippen molar-refractivity contribution in [1.29, 1.82) is 0 Å². The quantitative estimate of drug-likeness (QED) is 0.365. The normalized spacial score (nSPS) is 18.6. The van der Waals surface area contributed by atoms with Crippen LogP contribution in [0.3, 0.4) is 0 Å². The molecule has 13 heavy (non-hydrogen) atoms. The first-order chi connectivity index (χ1) is 6.36. The molecule has 1 fully saturated rings. The minimum atomic E-state index is 0.775. The van der Waals surface area contributed by atoms with Crippen LogP contribution in [0.25, 0.3) is 0 Å². The summed E-state index contributed by atoms with van der Waals surface area (Å²) in [6.07, 6.45) is 4.19. The van der Waals surface area contributed by atoms with Crippen molar-refractivity contribution in [3.8, 4) is 0 Å². The van der Waals surface area contributed by atoms with Crippen LogP contribution in [0.15, 0.2) is 17.9 Å². The van der Waals surface area contributed by atoms with E-state index in [2.05, 4.69) is 16.8 Å². The van der Waals surface area contributed by atoms with Crippen molar-refractivity contribution >= 4 is 0 Å². The van der Waals surface area contributed by atoms with Crippen LogP contribution in [0.5, 0.6) is 0 Å². The molecule has 0 aromatic rings. The van der Waals surface area contributed by atoms with E-state index in [0.29, 0.717) is 0 Å². The maximum absolute atomic E-state index is 10.2. The molecule has 0 saturated carbocycles. The molecule has 4 nitrogen and oxygen atoms in total. The monoisotopic (exact) mass is 183 g/mol. The van der Waals surface area contributed by atoms with Gasteiger partial charge in [-0.15, -0.1) is 11.5 Å². The number of allylic oxidation sites excluding steroid dienone is 1. The van der Waals surface area contributed by atoms with Gasteiger partial charge in [0, 0.05) is 13.1 Å². The lowest BCUT2D eigenvalue weighted by Gasteiger charge is -2.30. The Bertz CT molecular complexity index is 161. The summed E-state index contributed by atoms with van der Waals surface area (Å²) in [5.74, 6) is 0. The summed E-state index contributed by atoms with van der Waals surface area (Å²) < 4.78 is 0. The first kappa shape index (κ1) is 10.2. The van der Waals surface area contributed by atoms with E-state index in [9.17, 15) is 4.91 Å². The second-order valence-electron chi connectivity index (χ2n) is 3.31. The van der Waals surface area contributed by atoms with Gasteiger partial charge in [0.15, 0.2) is 0 Å². The van der Waals surface area contributed by atoms with Crippen LogP contribution < -0.4 is 0 Å². The highest BCUT2D eigenvalue weighted by Gasteiger charge is 2.14. The van der Waals surface area contributed by atoms with Crippen LogP contribution in [0.4, 0.5) is 0 Å². The van der Waals surface area contributed by atoms with Gasteiger partial charge in [0.1, 0.15) is 0 Å². The van der Waals surface area contributed by atoms with Crippen LogP contribution in [0, 0.1) is 4.91 Å². The molecule has 1 rings (SSSR count). The molecule has 0 radical (unpaired) electrons. The van der Waals surface area contributed by atoms with Crippen molar-refractivity contribution in [3.63, 3.8) is 0 Å². The van der Waals surface area contributed by atoms with Crippen molar-refractivity contribution in [1.82, 2.24) is 9.91 Å². The van der Waals surface area contributed by atoms with Crippen molar-refractivity contribution in [2.75, 3.05) is 32.7 Å². The van der Waals surface area contributed by atoms with E-state index < -0.39 is 0 Å². The van der Waals surface area contributed by atoms with Crippen molar-refractivity contribution in [2.45, 2.75) is 12.8 Å². The maximum Gasteiger partial charge on any atom is 0.0524 e. The number of piperazine rings is 1. The summed E-state index contributed by atoms with van der Waals surface area (Å²) in [5.41, 5.74) is 0. The molecule has 0 bridgehead atoms. The first-order valence-corrected chi connectivity index (χ1v) is 4.78. The fraction of sp³-hybridized carbons (Fsp3) is 0.778. The standard InChI is InChI=1S/C9H17N3O/c1-2-3-4-5-11-6-8-12(10-13)9-7-11/h2H,1,3-9H2. The van der Waals surface area contributed by atoms with Gasteiger partial charge in [-0.3, -0.25) is 9.91 Å². The zero-order chi connectivity index (χ0) is 9.52. The zero-order valence-electron chi connectivity index (χ0n) is 7.98. The molecule has 74 valence electrons. The Labute approximate surface area is 79.1 Å². The summed E-state index contributed by atoms with van der Waals surface area (Å²) >= 11 is 0. The molecule has 1 saturated heterocycles. The summed E-state index contributed by atoms with van der Waals surface area (Å²) in [5, 5.41) is 4.51. The summed E-state index contributed by atoms with van der Waals surface area (Å²) in [6, 6.07) is 0. The maximum atomic E-state index is 10.2. The minimum Gasteiger partial charge on any atom is -0.300 e. The molecular formula is C9H17N3O. The lowest BCUT2D eigenvalue weighted by molar-refractivity contribution is 0.133. The fourth-order valence-electron chi connectivity index (χ4n) is 1.50. The van der Waals surface area contributed by atoms with Crippen LogP contribution in [-0.2, 0) is 0 Å². The molecular weight excluding hydrogens is 166 g/mol. The predicted molar refractivity (Wildman–Crippen MR) is 53.2 cm³/mol. The molecule has 1 aliphatic heterocycles. The zero-order valence-corrected chi connectivity index (χ0v) is 7.98. The summed E-state index contributed by atoms with van der Waals surface area (Å²) in [4.78, 5) is 12.5. The van der Waals surface area contributed by atoms with Gasteiger partial charge in [-0.2, -0.15) is 0 Å². The lowest BCUT2D eigenvalue weighted by Crippen LogP contribution is -2.44. The average Bonchev–Trinajstić information content (AvgIpc) is 2.19. The van der Waals surface area contributed by atoms with Gasteiger partial charge in [0.25, 0.3) is 0 Å². The third-order valence-electron chi connectivity index (χ3n) is 2.35. The van der Waals surface area contributed by atoms with E-state index in [0.717, 1.165) is 45.6 Å². The van der Waals surface area contributed by atoms with E-state index in [1.165, 1.54) is 0 Å². The summed E-state index contributed by atoms with van der Waals surface area (Å²) in [6.45, 7) is 8.27. The second-order valence-corrected chi connectivity index (χ2v) is 3.31. The van der Waals surface area contributed by atoms with E-state index in [4.69, 9.17) is 0 Å². The Kier molecular flexibility index (Phi) is 4.46. The molecule has 0 aromatic heterocycles. The largest absolute Gasteiger partial charge is 0.300 e. The number of nitroso groups, excluding NO2 is 1. The molecule has 0 aliphatic carbocycles. The van der Waals surface area contributed by atoms with Gasteiger partial charge in [-0.25, -0.2) is 0 Å². The van der Waals surface area contributed by atoms with Gasteiger partial charge >= 0.3 is 0 Å². The highest BCUT2D eigenvalue weighted by atomic mass is 16.3. The van der Waals surface area contributed by atoms with Crippen LogP contribution >= 0.6 is 0 Å². The third-order valence-corrected chi connectivity index (χ3v) is 2.35. The molecule has 4 heteroatoms. The minimum absolute atomic E-state index is 0.775. The molecule has 0 unspecified atom stereocenters. The Morgan fingerprint density at radius 2 is 2.00 bits per heavy atom. The Morgan fingerprint density at radius 1 is 1.31 bits per heavy atom. The third kappa shape index (κ3) is 3.55. The SMILES string of the molecule is C=CCCCN1CCN(N=O)CC1. The number of hydrogen-bond acceptors (Lipinski definition) is 3. The molecule has 1 heterocycles. The number of unbranched alkanes of at least 4 members (excludes halogenated alkanes) is 1. The lowest BCUT2D eigenvalue weighted by atomic mass is 10.2. The average molecular weight is 183 g/mol. The molecule has 0 atom stereocenters. The molecule has 0 aromatic carbocycles. The Morgan fingerprint density at radius 3 is 2.54 bits per heavy atom. The van der Waals surface area contributed by atoms with Gasteiger partial charge in [-0.1, -0.05) is 6.08 Å². The second kappa shape index (κ2) is 5.70. The van der Waals surface area contributed by atoms with Crippen molar-refractivity contribution in [2.24, 2.45) is 5.29 Å². The van der Waals surface area contributed by atoms with Gasteiger partial charge < -0.3 is 0 Å². The van der Waals surface area contributed by atoms with E-state index in [1.807, 2.05) is 6.08 Å². The summed E-state index contributed by atoms with van der Waals surface area (Å²) in [7, 11) is 0. The number of hydrogen-bond donors (Lipinski definition) is 0. The van der Waals surface area contributed by atoms with Crippen LogP contribution in [-0.4, -0.2) is 42.6 Å². The Hall–Kier alpha value is -0.900. The van der Waals surface area contributed by atoms with Gasteiger partial charge in [0.2, 0.25) is 0 Å². The van der Waals surface area contributed by atoms with E-state index >= 15 is 0 Å². The van der Waals surface area contributed by atoms with Gasteiger partial charge in [-0.05, 0) is 19.4 Å². The van der Waals surface area contributed by atoms with E-state index in [-0.39, 0.29) is 0 Å². The highest BCUT2D eigenvalue weighted by Crippen LogP contribution is 2.03. The highest BCUT2D eigenvalue weighted by molar-refractivity contribution is 4.72. The molecule has 0 spiro atoms. The predicted octanol–water partition coefficient (Wildman–Crippen LogP) is 1.25. The van der Waals surface area contributed by atoms with E-state index in [1.54, 1.807) is 5.01 Å². The van der Waals surface area contributed by atoms with Crippen LogP contribution in [0.2, 0.25) is 0 Å².